The van der Waals surface area contributed by atoms with E-state index in [1.165, 1.54) is 7.05 Å². The van der Waals surface area contributed by atoms with Crippen molar-refractivity contribution in [2.24, 2.45) is 7.05 Å². The van der Waals surface area contributed by atoms with Gasteiger partial charge in [0.15, 0.2) is 0 Å². The van der Waals surface area contributed by atoms with Gasteiger partial charge in [0.05, 0.1) is 7.11 Å². The number of benzene rings is 1. The van der Waals surface area contributed by atoms with E-state index in [1.54, 1.807) is 7.11 Å². The number of nitrogens with zero attached hydrogens (tertiary/aromatic N) is 2. The Morgan fingerprint density at radius 2 is 2.20 bits per heavy atom. The minimum absolute atomic E-state index is 0.0116. The van der Waals surface area contributed by atoms with Crippen LogP contribution in [-0.2, 0) is 13.5 Å². The number of aromatic nitrogens is 3. The van der Waals surface area contributed by atoms with E-state index in [0.29, 0.717) is 13.0 Å². The summed E-state index contributed by atoms with van der Waals surface area (Å²) in [6, 6.07) is 7.61. The number of methoxy groups -OCH3 is 1. The Hall–Kier alpha value is -2.57. The second-order valence-corrected chi connectivity index (χ2v) is 4.22. The van der Waals surface area contributed by atoms with Gasteiger partial charge in [-0.25, -0.2) is 9.48 Å². The number of para-hydroxylation sites is 1. The molecule has 1 aromatic heterocycles. The van der Waals surface area contributed by atoms with Crippen molar-refractivity contribution in [3.05, 3.63) is 46.1 Å². The summed E-state index contributed by atoms with van der Waals surface area (Å²) in [6.07, 6.45) is 0.632. The number of aryl methyl sites for hydroxylation is 1. The summed E-state index contributed by atoms with van der Waals surface area (Å²) in [7, 11) is 3.08. The van der Waals surface area contributed by atoms with Gasteiger partial charge in [-0.15, -0.1) is 5.10 Å². The summed E-state index contributed by atoms with van der Waals surface area (Å²) in [6.45, 7) is 0.428. The van der Waals surface area contributed by atoms with Crippen LogP contribution in [-0.4, -0.2) is 34.3 Å². The van der Waals surface area contributed by atoms with Gasteiger partial charge in [-0.05, 0) is 18.1 Å². The monoisotopic (exact) mass is 276 g/mol. The molecule has 1 amide bonds. The van der Waals surface area contributed by atoms with Crippen LogP contribution in [0.25, 0.3) is 0 Å². The fourth-order valence-electron chi connectivity index (χ4n) is 1.81. The van der Waals surface area contributed by atoms with Crippen LogP contribution in [0.3, 0.4) is 0 Å². The standard InChI is InChI=1S/C13H16N4O3/c1-17-13(19)15-11(16-17)12(18)14-8-7-9-5-3-4-6-10(9)20-2/h3-6H,7-8H2,1-2H3,(H,14,18)(H,15,16,19). The van der Waals surface area contributed by atoms with E-state index in [2.05, 4.69) is 15.4 Å². The summed E-state index contributed by atoms with van der Waals surface area (Å²) < 4.78 is 6.31. The quantitative estimate of drug-likeness (QED) is 0.810. The molecular weight excluding hydrogens is 260 g/mol. The van der Waals surface area contributed by atoms with E-state index in [4.69, 9.17) is 4.74 Å². The summed E-state index contributed by atoms with van der Waals surface area (Å²) in [5.41, 5.74) is 0.588. The Balaban J connectivity index is 1.93. The van der Waals surface area contributed by atoms with Crippen molar-refractivity contribution in [2.75, 3.05) is 13.7 Å². The van der Waals surface area contributed by atoms with Crippen LogP contribution in [0.15, 0.2) is 29.1 Å². The van der Waals surface area contributed by atoms with Gasteiger partial charge in [-0.3, -0.25) is 9.78 Å². The first-order valence-corrected chi connectivity index (χ1v) is 6.15. The number of H-pyrrole nitrogens is 1. The minimum Gasteiger partial charge on any atom is -0.496 e. The summed E-state index contributed by atoms with van der Waals surface area (Å²) >= 11 is 0. The number of amides is 1. The van der Waals surface area contributed by atoms with Crippen molar-refractivity contribution in [1.29, 1.82) is 0 Å². The van der Waals surface area contributed by atoms with Crippen molar-refractivity contribution >= 4 is 5.91 Å². The van der Waals surface area contributed by atoms with Crippen LogP contribution in [0, 0.1) is 0 Å². The van der Waals surface area contributed by atoms with Gasteiger partial charge in [-0.2, -0.15) is 0 Å². The first kappa shape index (κ1) is 13.9. The van der Waals surface area contributed by atoms with E-state index >= 15 is 0 Å². The third kappa shape index (κ3) is 3.05. The highest BCUT2D eigenvalue weighted by atomic mass is 16.5. The molecule has 2 rings (SSSR count). The van der Waals surface area contributed by atoms with Crippen molar-refractivity contribution < 1.29 is 9.53 Å². The number of aromatic amines is 1. The molecule has 0 bridgehead atoms. The third-order valence-corrected chi connectivity index (χ3v) is 2.86. The van der Waals surface area contributed by atoms with Crippen molar-refractivity contribution in [3.8, 4) is 5.75 Å². The highest BCUT2D eigenvalue weighted by molar-refractivity contribution is 5.90. The lowest BCUT2D eigenvalue weighted by molar-refractivity contribution is 0.0943. The fraction of sp³-hybridized carbons (Fsp3) is 0.308. The van der Waals surface area contributed by atoms with Gasteiger partial charge in [0.1, 0.15) is 5.75 Å². The molecule has 2 N–H and O–H groups in total. The second-order valence-electron chi connectivity index (χ2n) is 4.22. The number of carbonyl (C=O) groups excluding carboxylic acids is 1. The lowest BCUT2D eigenvalue weighted by Gasteiger charge is -2.08. The minimum atomic E-state index is -0.417. The van der Waals surface area contributed by atoms with Crippen LogP contribution in [0.1, 0.15) is 16.2 Å². The summed E-state index contributed by atoms with van der Waals surface area (Å²) in [4.78, 5) is 25.3. The predicted octanol–water partition coefficient (Wildman–Crippen LogP) is 0.0895. The Morgan fingerprint density at radius 3 is 2.85 bits per heavy atom. The summed E-state index contributed by atoms with van der Waals surface area (Å²) in [5.74, 6) is 0.392. The zero-order valence-corrected chi connectivity index (χ0v) is 11.3. The molecule has 0 aliphatic carbocycles. The van der Waals surface area contributed by atoms with E-state index in [9.17, 15) is 9.59 Å². The molecule has 0 fully saturated rings. The molecule has 0 radical (unpaired) electrons. The molecule has 0 spiro atoms. The maximum Gasteiger partial charge on any atom is 0.343 e. The highest BCUT2D eigenvalue weighted by Gasteiger charge is 2.11. The number of nitrogens with one attached hydrogen (secondary N) is 2. The third-order valence-electron chi connectivity index (χ3n) is 2.86. The molecule has 2 aromatic rings. The first-order chi connectivity index (χ1) is 9.61. The molecule has 0 saturated heterocycles. The average molecular weight is 276 g/mol. The zero-order valence-electron chi connectivity index (χ0n) is 11.3. The second kappa shape index (κ2) is 6.05. The van der Waals surface area contributed by atoms with Gasteiger partial charge in [0.25, 0.3) is 5.91 Å². The van der Waals surface area contributed by atoms with Gasteiger partial charge in [0, 0.05) is 13.6 Å². The Kier molecular flexibility index (Phi) is 4.19. The molecular formula is C13H16N4O3. The number of hydrogen-bond acceptors (Lipinski definition) is 4. The summed E-state index contributed by atoms with van der Waals surface area (Å²) in [5, 5.41) is 6.48. The lowest BCUT2D eigenvalue weighted by Crippen LogP contribution is -2.27. The maximum absolute atomic E-state index is 11.8. The maximum atomic E-state index is 11.8. The molecule has 7 heteroatoms. The predicted molar refractivity (Wildman–Crippen MR) is 72.9 cm³/mol. The van der Waals surface area contributed by atoms with E-state index in [1.807, 2.05) is 24.3 Å². The highest BCUT2D eigenvalue weighted by Crippen LogP contribution is 2.17. The van der Waals surface area contributed by atoms with Crippen LogP contribution in [0.5, 0.6) is 5.75 Å². The van der Waals surface area contributed by atoms with Gasteiger partial charge in [0.2, 0.25) is 5.82 Å². The Labute approximate surface area is 115 Å². The van der Waals surface area contributed by atoms with Gasteiger partial charge >= 0.3 is 5.69 Å². The molecule has 0 saturated carbocycles. The largest absolute Gasteiger partial charge is 0.496 e. The van der Waals surface area contributed by atoms with E-state index < -0.39 is 11.6 Å². The fourth-order valence-corrected chi connectivity index (χ4v) is 1.81. The van der Waals surface area contributed by atoms with Crippen molar-refractivity contribution in [2.45, 2.75) is 6.42 Å². The molecule has 1 aromatic carbocycles. The molecule has 7 nitrogen and oxygen atoms in total. The lowest BCUT2D eigenvalue weighted by atomic mass is 10.1. The van der Waals surface area contributed by atoms with Crippen molar-refractivity contribution in [1.82, 2.24) is 20.1 Å². The number of hydrogen-bond donors (Lipinski definition) is 2. The molecule has 20 heavy (non-hydrogen) atoms. The molecule has 0 unspecified atom stereocenters. The number of carbonyl (C=O) groups is 1. The SMILES string of the molecule is COc1ccccc1CCNC(=O)c1nn(C)c(=O)[nH]1. The average Bonchev–Trinajstić information content (AvgIpc) is 2.79. The Morgan fingerprint density at radius 1 is 1.45 bits per heavy atom. The zero-order chi connectivity index (χ0) is 14.5. The topological polar surface area (TPSA) is 89.0 Å². The molecule has 1 heterocycles. The van der Waals surface area contributed by atoms with Gasteiger partial charge < -0.3 is 10.1 Å². The van der Waals surface area contributed by atoms with Crippen LogP contribution >= 0.6 is 0 Å². The van der Waals surface area contributed by atoms with Crippen molar-refractivity contribution in [3.63, 3.8) is 0 Å². The molecule has 0 atom stereocenters. The first-order valence-electron chi connectivity index (χ1n) is 6.15. The van der Waals surface area contributed by atoms with Crippen LogP contribution in [0.2, 0.25) is 0 Å². The van der Waals surface area contributed by atoms with E-state index in [0.717, 1.165) is 16.0 Å². The number of ether oxygens (including phenoxy) is 1. The van der Waals surface area contributed by atoms with Crippen LogP contribution < -0.4 is 15.7 Å². The normalized spacial score (nSPS) is 10.3. The smallest absolute Gasteiger partial charge is 0.343 e. The molecule has 106 valence electrons. The van der Waals surface area contributed by atoms with E-state index in [-0.39, 0.29) is 5.82 Å². The molecule has 0 aliphatic rings. The Bertz CT molecular complexity index is 660. The molecule has 0 aliphatic heterocycles. The van der Waals surface area contributed by atoms with Crippen LogP contribution in [0.4, 0.5) is 0 Å². The van der Waals surface area contributed by atoms with Gasteiger partial charge in [-0.1, -0.05) is 18.2 Å². The number of rotatable bonds is 5.